The van der Waals surface area contributed by atoms with E-state index in [4.69, 9.17) is 4.74 Å². The molecule has 0 aliphatic heterocycles. The lowest BCUT2D eigenvalue weighted by Gasteiger charge is -2.25. The Morgan fingerprint density at radius 2 is 2.00 bits per heavy atom. The van der Waals surface area contributed by atoms with Crippen LogP contribution in [-0.2, 0) is 10.5 Å². The largest absolute Gasteiger partial charge is 0.444 e. The zero-order valence-electron chi connectivity index (χ0n) is 17.4. The minimum Gasteiger partial charge on any atom is -0.444 e. The molecule has 2 heterocycles. The number of amides is 1. The molecule has 0 saturated carbocycles. The van der Waals surface area contributed by atoms with Crippen molar-refractivity contribution in [2.75, 3.05) is 0 Å². The van der Waals surface area contributed by atoms with Gasteiger partial charge in [-0.3, -0.25) is 0 Å². The fourth-order valence-corrected chi connectivity index (χ4v) is 4.56. The average Bonchev–Trinajstić information content (AvgIpc) is 3.24. The van der Waals surface area contributed by atoms with Gasteiger partial charge in [-0.2, -0.15) is 4.52 Å². The minimum absolute atomic E-state index is 0.150. The molecule has 0 radical (unpaired) electrons. The van der Waals surface area contributed by atoms with Crippen molar-refractivity contribution in [1.29, 1.82) is 0 Å². The summed E-state index contributed by atoms with van der Waals surface area (Å²) in [5.41, 5.74) is 0.680. The Bertz CT molecular complexity index is 949. The van der Waals surface area contributed by atoms with Crippen LogP contribution < -0.4 is 5.32 Å². The second kappa shape index (κ2) is 9.13. The number of thioether (sulfide) groups is 1. The summed E-state index contributed by atoms with van der Waals surface area (Å²) < 4.78 is 8.10. The van der Waals surface area contributed by atoms with Gasteiger partial charge in [0.25, 0.3) is 0 Å². The third-order valence-corrected chi connectivity index (χ3v) is 6.47. The fraction of sp³-hybridized carbons (Fsp3) is 0.500. The molecule has 2 unspecified atom stereocenters. The molecular formula is C20H27N5O2S2. The predicted octanol–water partition coefficient (Wildman–Crippen LogP) is 5.09. The van der Waals surface area contributed by atoms with Crippen molar-refractivity contribution < 1.29 is 9.53 Å². The van der Waals surface area contributed by atoms with E-state index in [1.807, 2.05) is 39.0 Å². The number of fused-ring (bicyclic) bond motifs is 1. The van der Waals surface area contributed by atoms with Crippen LogP contribution in [0.25, 0.3) is 4.96 Å². The molecule has 1 N–H and O–H groups in total. The molecule has 0 bridgehead atoms. The Hall–Kier alpha value is -2.13. The van der Waals surface area contributed by atoms with E-state index < -0.39 is 11.7 Å². The van der Waals surface area contributed by atoms with Gasteiger partial charge >= 0.3 is 6.09 Å². The van der Waals surface area contributed by atoms with Crippen LogP contribution in [0.3, 0.4) is 0 Å². The van der Waals surface area contributed by atoms with Crippen molar-refractivity contribution in [3.05, 3.63) is 41.7 Å². The first kappa shape index (κ1) is 21.6. The molecule has 1 amide bonds. The number of nitrogens with one attached hydrogen (secondary N) is 1. The van der Waals surface area contributed by atoms with Crippen LogP contribution >= 0.6 is 23.1 Å². The number of hydrogen-bond acceptors (Lipinski definition) is 7. The minimum atomic E-state index is -0.563. The number of nitrogens with zero attached hydrogens (tertiary/aromatic N) is 4. The van der Waals surface area contributed by atoms with Gasteiger partial charge in [0.1, 0.15) is 5.60 Å². The summed E-state index contributed by atoms with van der Waals surface area (Å²) >= 11 is 3.17. The van der Waals surface area contributed by atoms with E-state index in [2.05, 4.69) is 46.6 Å². The third kappa shape index (κ3) is 5.70. The van der Waals surface area contributed by atoms with Gasteiger partial charge < -0.3 is 10.1 Å². The van der Waals surface area contributed by atoms with Gasteiger partial charge in [0.2, 0.25) is 4.96 Å². The molecule has 9 heteroatoms. The van der Waals surface area contributed by atoms with Gasteiger partial charge in [-0.05, 0) is 32.3 Å². The van der Waals surface area contributed by atoms with Crippen molar-refractivity contribution >= 4 is 34.2 Å². The predicted molar refractivity (Wildman–Crippen MR) is 116 cm³/mol. The van der Waals surface area contributed by atoms with Crippen LogP contribution in [0.15, 0.2) is 34.7 Å². The van der Waals surface area contributed by atoms with E-state index in [0.717, 1.165) is 21.5 Å². The lowest BCUT2D eigenvalue weighted by Crippen LogP contribution is -2.38. The molecule has 0 fully saturated rings. The van der Waals surface area contributed by atoms with E-state index in [0.29, 0.717) is 5.82 Å². The standard InChI is InChI=1S/C20H27N5O2S2/c1-6-13(2)15(21-18(26)27-20(3,4)5)16-22-23-17-25(16)24-19(29-17)28-12-14-10-8-7-9-11-14/h7-11,13,15H,6,12H2,1-5H3,(H,21,26). The Labute approximate surface area is 179 Å². The van der Waals surface area contributed by atoms with Gasteiger partial charge in [0, 0.05) is 5.75 Å². The van der Waals surface area contributed by atoms with Gasteiger partial charge in [0.05, 0.1) is 6.04 Å². The first-order valence-electron chi connectivity index (χ1n) is 9.65. The van der Waals surface area contributed by atoms with Crippen LogP contribution in [0.5, 0.6) is 0 Å². The molecule has 1 aromatic carbocycles. The van der Waals surface area contributed by atoms with Crippen molar-refractivity contribution in [1.82, 2.24) is 25.1 Å². The van der Waals surface area contributed by atoms with Crippen LogP contribution in [0, 0.1) is 5.92 Å². The van der Waals surface area contributed by atoms with Crippen LogP contribution in [0.1, 0.15) is 58.5 Å². The highest BCUT2D eigenvalue weighted by Crippen LogP contribution is 2.30. The molecule has 3 aromatic rings. The highest BCUT2D eigenvalue weighted by Gasteiger charge is 2.29. The van der Waals surface area contributed by atoms with Crippen molar-refractivity contribution in [3.63, 3.8) is 0 Å². The van der Waals surface area contributed by atoms with E-state index in [1.165, 1.54) is 16.9 Å². The molecular weight excluding hydrogens is 406 g/mol. The van der Waals surface area contributed by atoms with E-state index >= 15 is 0 Å². The summed E-state index contributed by atoms with van der Waals surface area (Å²) in [6.45, 7) is 9.68. The Morgan fingerprint density at radius 1 is 1.28 bits per heavy atom. The van der Waals surface area contributed by atoms with Crippen molar-refractivity contribution in [3.8, 4) is 0 Å². The van der Waals surface area contributed by atoms with Crippen molar-refractivity contribution in [2.45, 2.75) is 62.8 Å². The number of rotatable bonds is 7. The first-order chi connectivity index (χ1) is 13.8. The SMILES string of the molecule is CCC(C)C(NC(=O)OC(C)(C)C)c1nnc2sc(SCc3ccccc3)nn12. The summed E-state index contributed by atoms with van der Waals surface area (Å²) in [5, 5.41) is 16.2. The van der Waals surface area contributed by atoms with Crippen LogP contribution in [-0.4, -0.2) is 31.5 Å². The second-order valence-electron chi connectivity index (χ2n) is 7.90. The molecule has 29 heavy (non-hydrogen) atoms. The Balaban J connectivity index is 1.79. The highest BCUT2D eigenvalue weighted by atomic mass is 32.2. The number of ether oxygens (including phenoxy) is 1. The molecule has 0 saturated heterocycles. The lowest BCUT2D eigenvalue weighted by molar-refractivity contribution is 0.0482. The number of alkyl carbamates (subject to hydrolysis) is 1. The third-order valence-electron chi connectivity index (χ3n) is 4.36. The number of carbonyl (C=O) groups is 1. The summed E-state index contributed by atoms with van der Waals surface area (Å²) in [6, 6.07) is 9.94. The molecule has 3 rings (SSSR count). The molecule has 7 nitrogen and oxygen atoms in total. The van der Waals surface area contributed by atoms with Gasteiger partial charge in [-0.1, -0.05) is 73.7 Å². The summed E-state index contributed by atoms with van der Waals surface area (Å²) in [7, 11) is 0. The summed E-state index contributed by atoms with van der Waals surface area (Å²) in [4.78, 5) is 13.1. The molecule has 2 aromatic heterocycles. The van der Waals surface area contributed by atoms with Crippen molar-refractivity contribution in [2.24, 2.45) is 5.92 Å². The molecule has 2 atom stereocenters. The molecule has 0 spiro atoms. The van der Waals surface area contributed by atoms with Crippen LogP contribution in [0.2, 0.25) is 0 Å². The number of benzene rings is 1. The maximum atomic E-state index is 12.4. The molecule has 156 valence electrons. The zero-order valence-corrected chi connectivity index (χ0v) is 19.0. The molecule has 0 aliphatic carbocycles. The maximum Gasteiger partial charge on any atom is 0.408 e. The van der Waals surface area contributed by atoms with Gasteiger partial charge in [-0.25, -0.2) is 4.79 Å². The summed E-state index contributed by atoms with van der Waals surface area (Å²) in [6.07, 6.45) is 0.406. The van der Waals surface area contributed by atoms with E-state index in [9.17, 15) is 4.79 Å². The average molecular weight is 434 g/mol. The normalized spacial score (nSPS) is 14.0. The quantitative estimate of drug-likeness (QED) is 0.523. The molecule has 0 aliphatic rings. The van der Waals surface area contributed by atoms with Gasteiger partial charge in [-0.15, -0.1) is 15.3 Å². The van der Waals surface area contributed by atoms with E-state index in [1.54, 1.807) is 16.3 Å². The smallest absolute Gasteiger partial charge is 0.408 e. The maximum absolute atomic E-state index is 12.4. The highest BCUT2D eigenvalue weighted by molar-refractivity contribution is 8.00. The summed E-state index contributed by atoms with van der Waals surface area (Å²) in [5.74, 6) is 1.62. The van der Waals surface area contributed by atoms with Gasteiger partial charge in [0.15, 0.2) is 10.2 Å². The van der Waals surface area contributed by atoms with Crippen LogP contribution in [0.4, 0.5) is 4.79 Å². The Morgan fingerprint density at radius 3 is 2.66 bits per heavy atom. The van der Waals surface area contributed by atoms with E-state index in [-0.39, 0.29) is 12.0 Å². The first-order valence-corrected chi connectivity index (χ1v) is 11.5. The monoisotopic (exact) mass is 433 g/mol. The topological polar surface area (TPSA) is 81.4 Å². The fourth-order valence-electron chi connectivity index (χ4n) is 2.72. The Kier molecular flexibility index (Phi) is 6.79. The lowest BCUT2D eigenvalue weighted by atomic mass is 9.99. The number of aromatic nitrogens is 4. The number of carbonyl (C=O) groups excluding carboxylic acids is 1. The zero-order chi connectivity index (χ0) is 21.0. The second-order valence-corrected chi connectivity index (χ2v) is 10.1. The number of hydrogen-bond donors (Lipinski definition) is 1.